The van der Waals surface area contributed by atoms with Gasteiger partial charge in [-0.25, -0.2) is 5.43 Å². The van der Waals surface area contributed by atoms with Gasteiger partial charge >= 0.3 is 11.8 Å². The number of carbonyl (C=O) groups excluding carboxylic acids is 2. The molecule has 1 N–H and O–H groups in total. The summed E-state index contributed by atoms with van der Waals surface area (Å²) in [6.45, 7) is 1.31. The van der Waals surface area contributed by atoms with Crippen molar-refractivity contribution in [3.8, 4) is 0 Å². The molecule has 1 fully saturated rings. The molecule has 0 aromatic heterocycles. The molecule has 0 spiro atoms. The summed E-state index contributed by atoms with van der Waals surface area (Å²) in [6, 6.07) is 7.45. The molecular weight excluding hydrogens is 310 g/mol. The largest absolute Gasteiger partial charge is 0.334 e. The second-order valence-corrected chi connectivity index (χ2v) is 5.17. The highest BCUT2D eigenvalue weighted by molar-refractivity contribution is 9.10. The summed E-state index contributed by atoms with van der Waals surface area (Å²) >= 11 is 3.33. The molecule has 1 heterocycles. The van der Waals surface area contributed by atoms with Crippen LogP contribution in [0.25, 0.3) is 0 Å². The minimum atomic E-state index is -0.685. The minimum absolute atomic E-state index is 0.509. The highest BCUT2D eigenvalue weighted by Gasteiger charge is 2.23. The Morgan fingerprint density at radius 1 is 1.21 bits per heavy atom. The van der Waals surface area contributed by atoms with Crippen molar-refractivity contribution in [3.05, 3.63) is 34.3 Å². The number of benzene rings is 1. The van der Waals surface area contributed by atoms with Gasteiger partial charge in [0.2, 0.25) is 0 Å². The van der Waals surface area contributed by atoms with Crippen LogP contribution in [-0.4, -0.2) is 36.0 Å². The smallest absolute Gasteiger partial charge is 0.329 e. The molecule has 6 heteroatoms. The maximum atomic E-state index is 11.7. The summed E-state index contributed by atoms with van der Waals surface area (Å²) in [4.78, 5) is 24.8. The van der Waals surface area contributed by atoms with Crippen molar-refractivity contribution in [2.75, 3.05) is 13.1 Å². The van der Waals surface area contributed by atoms with E-state index >= 15 is 0 Å². The molecule has 1 aliphatic rings. The van der Waals surface area contributed by atoms with Crippen LogP contribution >= 0.6 is 15.9 Å². The van der Waals surface area contributed by atoms with E-state index in [2.05, 4.69) is 26.5 Å². The molecule has 19 heavy (non-hydrogen) atoms. The highest BCUT2D eigenvalue weighted by Crippen LogP contribution is 2.09. The first kappa shape index (κ1) is 13.7. The third-order valence-electron chi connectivity index (χ3n) is 2.84. The molecule has 100 valence electrons. The van der Waals surface area contributed by atoms with Gasteiger partial charge < -0.3 is 4.90 Å². The first-order valence-electron chi connectivity index (χ1n) is 6.05. The van der Waals surface area contributed by atoms with Gasteiger partial charge in [-0.1, -0.05) is 28.1 Å². The average molecular weight is 324 g/mol. The third kappa shape index (κ3) is 3.89. The van der Waals surface area contributed by atoms with Gasteiger partial charge in [-0.05, 0) is 30.5 Å². The normalized spacial score (nSPS) is 14.9. The second-order valence-electron chi connectivity index (χ2n) is 4.25. The maximum Gasteiger partial charge on any atom is 0.329 e. The Hall–Kier alpha value is -1.69. The van der Waals surface area contributed by atoms with Gasteiger partial charge in [0.25, 0.3) is 0 Å². The Morgan fingerprint density at radius 2 is 1.84 bits per heavy atom. The van der Waals surface area contributed by atoms with Crippen LogP contribution in [0.1, 0.15) is 18.4 Å². The van der Waals surface area contributed by atoms with Crippen molar-refractivity contribution in [2.24, 2.45) is 5.10 Å². The molecule has 1 aliphatic heterocycles. The summed E-state index contributed by atoms with van der Waals surface area (Å²) in [7, 11) is 0. The Kier molecular flexibility index (Phi) is 4.68. The van der Waals surface area contributed by atoms with Crippen molar-refractivity contribution in [3.63, 3.8) is 0 Å². The van der Waals surface area contributed by atoms with Gasteiger partial charge in [0, 0.05) is 17.6 Å². The highest BCUT2D eigenvalue weighted by atomic mass is 79.9. The fourth-order valence-electron chi connectivity index (χ4n) is 1.83. The number of nitrogens with zero attached hydrogens (tertiary/aromatic N) is 2. The molecule has 0 saturated carbocycles. The summed E-state index contributed by atoms with van der Waals surface area (Å²) in [6.07, 6.45) is 3.42. The number of hydrogen-bond donors (Lipinski definition) is 1. The zero-order valence-corrected chi connectivity index (χ0v) is 11.9. The second kappa shape index (κ2) is 6.47. The van der Waals surface area contributed by atoms with E-state index in [0.717, 1.165) is 22.9 Å². The van der Waals surface area contributed by atoms with Crippen LogP contribution in [0.2, 0.25) is 0 Å². The molecule has 2 amide bonds. The molecule has 1 aromatic carbocycles. The summed E-state index contributed by atoms with van der Waals surface area (Å²) in [5, 5.41) is 3.78. The van der Waals surface area contributed by atoms with E-state index in [0.29, 0.717) is 13.1 Å². The number of hydrogen-bond acceptors (Lipinski definition) is 3. The summed E-state index contributed by atoms with van der Waals surface area (Å²) < 4.78 is 0.970. The lowest BCUT2D eigenvalue weighted by Gasteiger charge is -2.12. The van der Waals surface area contributed by atoms with E-state index in [1.807, 2.05) is 24.3 Å². The Morgan fingerprint density at radius 3 is 2.47 bits per heavy atom. The molecule has 0 atom stereocenters. The number of likely N-dealkylation sites (tertiary alicyclic amines) is 1. The lowest BCUT2D eigenvalue weighted by Crippen LogP contribution is -2.39. The monoisotopic (exact) mass is 323 g/mol. The van der Waals surface area contributed by atoms with E-state index in [1.165, 1.54) is 6.21 Å². The zero-order valence-electron chi connectivity index (χ0n) is 10.3. The Labute approximate surface area is 119 Å². The lowest BCUT2D eigenvalue weighted by atomic mass is 10.2. The van der Waals surface area contributed by atoms with E-state index in [-0.39, 0.29) is 0 Å². The topological polar surface area (TPSA) is 61.8 Å². The SMILES string of the molecule is O=C(N/N=C\c1ccc(Br)cc1)C(=O)N1CCCC1. The van der Waals surface area contributed by atoms with Gasteiger partial charge in [0.15, 0.2) is 0 Å². The van der Waals surface area contributed by atoms with Crippen LogP contribution in [0, 0.1) is 0 Å². The van der Waals surface area contributed by atoms with Gasteiger partial charge in [-0.2, -0.15) is 5.10 Å². The lowest BCUT2D eigenvalue weighted by molar-refractivity contribution is -0.145. The number of carbonyl (C=O) groups is 2. The fraction of sp³-hybridized carbons (Fsp3) is 0.308. The van der Waals surface area contributed by atoms with Crippen LogP contribution < -0.4 is 5.43 Å². The van der Waals surface area contributed by atoms with Crippen molar-refractivity contribution in [1.29, 1.82) is 0 Å². The average Bonchev–Trinajstić information content (AvgIpc) is 2.94. The van der Waals surface area contributed by atoms with Crippen molar-refractivity contribution in [1.82, 2.24) is 10.3 Å². The zero-order chi connectivity index (χ0) is 13.7. The van der Waals surface area contributed by atoms with E-state index < -0.39 is 11.8 Å². The van der Waals surface area contributed by atoms with E-state index in [9.17, 15) is 9.59 Å². The van der Waals surface area contributed by atoms with Gasteiger partial charge in [-0.3, -0.25) is 9.59 Å². The Bertz CT molecular complexity index is 493. The minimum Gasteiger partial charge on any atom is -0.334 e. The number of amides is 2. The van der Waals surface area contributed by atoms with E-state index in [4.69, 9.17) is 0 Å². The molecule has 0 unspecified atom stereocenters. The van der Waals surface area contributed by atoms with Gasteiger partial charge in [0.1, 0.15) is 0 Å². The predicted molar refractivity (Wildman–Crippen MR) is 75.7 cm³/mol. The number of halogens is 1. The maximum absolute atomic E-state index is 11.7. The third-order valence-corrected chi connectivity index (χ3v) is 3.37. The number of nitrogens with one attached hydrogen (secondary N) is 1. The molecule has 2 rings (SSSR count). The van der Waals surface area contributed by atoms with Gasteiger partial charge in [-0.15, -0.1) is 0 Å². The quantitative estimate of drug-likeness (QED) is 0.509. The predicted octanol–water partition coefficient (Wildman–Crippen LogP) is 1.52. The number of hydrazone groups is 1. The number of rotatable bonds is 2. The molecule has 0 aliphatic carbocycles. The van der Waals surface area contributed by atoms with Crippen LogP contribution in [0.15, 0.2) is 33.8 Å². The van der Waals surface area contributed by atoms with Crippen molar-refractivity contribution >= 4 is 34.0 Å². The first-order valence-corrected chi connectivity index (χ1v) is 6.84. The van der Waals surface area contributed by atoms with Crippen LogP contribution in [0.3, 0.4) is 0 Å². The Balaban J connectivity index is 1.85. The van der Waals surface area contributed by atoms with Crippen LogP contribution in [0.5, 0.6) is 0 Å². The molecular formula is C13H14BrN3O2. The molecule has 1 saturated heterocycles. The fourth-order valence-corrected chi connectivity index (χ4v) is 2.09. The van der Waals surface area contributed by atoms with Crippen LogP contribution in [0.4, 0.5) is 0 Å². The molecule has 5 nitrogen and oxygen atoms in total. The molecule has 0 radical (unpaired) electrons. The molecule has 1 aromatic rings. The summed E-state index contributed by atoms with van der Waals surface area (Å²) in [5.41, 5.74) is 3.09. The van der Waals surface area contributed by atoms with Crippen molar-refractivity contribution in [2.45, 2.75) is 12.8 Å². The summed E-state index contributed by atoms with van der Waals surface area (Å²) in [5.74, 6) is -1.19. The first-order chi connectivity index (χ1) is 9.16. The standard InChI is InChI=1S/C13H14BrN3O2/c14-11-5-3-10(4-6-11)9-15-16-12(18)13(19)17-7-1-2-8-17/h3-6,9H,1-2,7-8H2,(H,16,18)/b15-9-. The van der Waals surface area contributed by atoms with Crippen LogP contribution in [-0.2, 0) is 9.59 Å². The van der Waals surface area contributed by atoms with Gasteiger partial charge in [0.05, 0.1) is 6.21 Å². The van der Waals surface area contributed by atoms with E-state index in [1.54, 1.807) is 4.90 Å². The molecule has 0 bridgehead atoms. The van der Waals surface area contributed by atoms with Crippen molar-refractivity contribution < 1.29 is 9.59 Å².